The molecule has 0 aliphatic heterocycles. The molecule has 138 valence electrons. The van der Waals surface area contributed by atoms with E-state index in [2.05, 4.69) is 6.92 Å². The molecule has 0 saturated heterocycles. The SMILES string of the molecule is CCCCCCCCCCCCCCOc1cc(N)c(Cl)cc1Cl. The quantitative estimate of drug-likeness (QED) is 0.268. The maximum absolute atomic E-state index is 6.09. The highest BCUT2D eigenvalue weighted by molar-refractivity contribution is 6.37. The van der Waals surface area contributed by atoms with Gasteiger partial charge in [-0.3, -0.25) is 0 Å². The second kappa shape index (κ2) is 13.7. The number of hydrogen-bond donors (Lipinski definition) is 1. The topological polar surface area (TPSA) is 35.2 Å². The van der Waals surface area contributed by atoms with Crippen molar-refractivity contribution in [3.8, 4) is 5.75 Å². The molecule has 1 aromatic rings. The van der Waals surface area contributed by atoms with Gasteiger partial charge in [-0.25, -0.2) is 0 Å². The van der Waals surface area contributed by atoms with Crippen LogP contribution in [-0.4, -0.2) is 6.61 Å². The Bertz CT molecular complexity index is 452. The lowest BCUT2D eigenvalue weighted by atomic mass is 10.1. The van der Waals surface area contributed by atoms with E-state index in [0.717, 1.165) is 6.42 Å². The summed E-state index contributed by atoms with van der Waals surface area (Å²) in [7, 11) is 0. The maximum atomic E-state index is 6.09. The fourth-order valence-electron chi connectivity index (χ4n) is 2.78. The van der Waals surface area contributed by atoms with Crippen LogP contribution in [0.15, 0.2) is 12.1 Å². The van der Waals surface area contributed by atoms with Crippen molar-refractivity contribution in [3.63, 3.8) is 0 Å². The van der Waals surface area contributed by atoms with E-state index < -0.39 is 0 Å². The molecule has 2 N–H and O–H groups in total. The molecule has 0 heterocycles. The van der Waals surface area contributed by atoms with Crippen molar-refractivity contribution in [1.82, 2.24) is 0 Å². The standard InChI is InChI=1S/C20H33Cl2NO/c1-2-3-4-5-6-7-8-9-10-11-12-13-14-24-20-16-19(23)17(21)15-18(20)22/h15-16H,2-14,23H2,1H3. The second-order valence-corrected chi connectivity index (χ2v) is 7.36. The molecule has 0 aliphatic rings. The summed E-state index contributed by atoms with van der Waals surface area (Å²) in [5, 5.41) is 0.992. The molecule has 0 fully saturated rings. The zero-order valence-electron chi connectivity index (χ0n) is 15.1. The summed E-state index contributed by atoms with van der Waals surface area (Å²) in [6.45, 7) is 2.95. The van der Waals surface area contributed by atoms with Crippen LogP contribution in [0.2, 0.25) is 10.0 Å². The molecular weight excluding hydrogens is 341 g/mol. The number of nitrogens with two attached hydrogens (primary N) is 1. The van der Waals surface area contributed by atoms with Gasteiger partial charge in [0.2, 0.25) is 0 Å². The second-order valence-electron chi connectivity index (χ2n) is 6.54. The number of benzene rings is 1. The van der Waals surface area contributed by atoms with Crippen molar-refractivity contribution in [3.05, 3.63) is 22.2 Å². The lowest BCUT2D eigenvalue weighted by Gasteiger charge is -2.09. The summed E-state index contributed by atoms with van der Waals surface area (Å²) >= 11 is 12.0. The zero-order chi connectivity index (χ0) is 17.6. The van der Waals surface area contributed by atoms with E-state index in [1.54, 1.807) is 12.1 Å². The van der Waals surface area contributed by atoms with Crippen molar-refractivity contribution < 1.29 is 4.74 Å². The van der Waals surface area contributed by atoms with Crippen LogP contribution in [0.4, 0.5) is 5.69 Å². The first-order valence-electron chi connectivity index (χ1n) is 9.52. The Morgan fingerprint density at radius 1 is 0.750 bits per heavy atom. The van der Waals surface area contributed by atoms with Crippen LogP contribution in [-0.2, 0) is 0 Å². The Kier molecular flexibility index (Phi) is 12.2. The van der Waals surface area contributed by atoms with E-state index in [0.29, 0.717) is 28.1 Å². The molecule has 2 nitrogen and oxygen atoms in total. The molecule has 0 spiro atoms. The smallest absolute Gasteiger partial charge is 0.140 e. The summed E-state index contributed by atoms with van der Waals surface area (Å²) in [6.07, 6.45) is 16.0. The average molecular weight is 374 g/mol. The number of ether oxygens (including phenoxy) is 1. The highest BCUT2D eigenvalue weighted by atomic mass is 35.5. The van der Waals surface area contributed by atoms with Gasteiger partial charge in [0.05, 0.1) is 22.3 Å². The van der Waals surface area contributed by atoms with Gasteiger partial charge in [-0.1, -0.05) is 101 Å². The summed E-state index contributed by atoms with van der Waals surface area (Å²) in [4.78, 5) is 0. The van der Waals surface area contributed by atoms with Gasteiger partial charge in [0.15, 0.2) is 0 Å². The molecule has 0 saturated carbocycles. The third-order valence-electron chi connectivity index (χ3n) is 4.31. The van der Waals surface area contributed by atoms with Crippen LogP contribution in [0.3, 0.4) is 0 Å². The highest BCUT2D eigenvalue weighted by Crippen LogP contribution is 2.32. The molecule has 0 aromatic heterocycles. The Morgan fingerprint density at radius 3 is 1.79 bits per heavy atom. The molecule has 4 heteroatoms. The van der Waals surface area contributed by atoms with Crippen LogP contribution in [0.25, 0.3) is 0 Å². The lowest BCUT2D eigenvalue weighted by molar-refractivity contribution is 0.304. The molecule has 0 unspecified atom stereocenters. The van der Waals surface area contributed by atoms with Crippen molar-refractivity contribution in [1.29, 1.82) is 0 Å². The van der Waals surface area contributed by atoms with Crippen LogP contribution in [0.1, 0.15) is 84.0 Å². The molecule has 0 bridgehead atoms. The number of hydrogen-bond acceptors (Lipinski definition) is 2. The van der Waals surface area contributed by atoms with Crippen molar-refractivity contribution in [2.45, 2.75) is 84.0 Å². The number of rotatable bonds is 14. The normalized spacial score (nSPS) is 11.0. The van der Waals surface area contributed by atoms with E-state index in [1.807, 2.05) is 0 Å². The Balaban J connectivity index is 1.93. The van der Waals surface area contributed by atoms with Gasteiger partial charge in [-0.2, -0.15) is 0 Å². The predicted molar refractivity (Wildman–Crippen MR) is 107 cm³/mol. The number of nitrogen functional groups attached to an aromatic ring is 1. The average Bonchev–Trinajstić information content (AvgIpc) is 2.56. The van der Waals surface area contributed by atoms with Gasteiger partial charge in [-0.15, -0.1) is 0 Å². The van der Waals surface area contributed by atoms with E-state index in [9.17, 15) is 0 Å². The van der Waals surface area contributed by atoms with Crippen LogP contribution in [0, 0.1) is 0 Å². The highest BCUT2D eigenvalue weighted by Gasteiger charge is 2.06. The van der Waals surface area contributed by atoms with Crippen molar-refractivity contribution in [2.24, 2.45) is 0 Å². The van der Waals surface area contributed by atoms with Gasteiger partial charge in [-0.05, 0) is 12.5 Å². The third kappa shape index (κ3) is 9.64. The monoisotopic (exact) mass is 373 g/mol. The molecule has 1 rings (SSSR count). The fraction of sp³-hybridized carbons (Fsp3) is 0.700. The largest absolute Gasteiger partial charge is 0.492 e. The number of halogens is 2. The van der Waals surface area contributed by atoms with E-state index >= 15 is 0 Å². The first kappa shape index (κ1) is 21.4. The minimum Gasteiger partial charge on any atom is -0.492 e. The van der Waals surface area contributed by atoms with Crippen LogP contribution >= 0.6 is 23.2 Å². The van der Waals surface area contributed by atoms with Gasteiger partial charge < -0.3 is 10.5 Å². The predicted octanol–water partition coefficient (Wildman–Crippen LogP) is 7.66. The van der Waals surface area contributed by atoms with Crippen LogP contribution < -0.4 is 10.5 Å². The first-order chi connectivity index (χ1) is 11.6. The zero-order valence-corrected chi connectivity index (χ0v) is 16.6. The Labute approximate surface area is 158 Å². The summed E-state index contributed by atoms with van der Waals surface area (Å²) in [5.74, 6) is 0.627. The maximum Gasteiger partial charge on any atom is 0.140 e. The molecule has 0 atom stereocenters. The summed E-state index contributed by atoms with van der Waals surface area (Å²) in [6, 6.07) is 3.33. The minimum absolute atomic E-state index is 0.470. The van der Waals surface area contributed by atoms with Gasteiger partial charge >= 0.3 is 0 Å². The first-order valence-corrected chi connectivity index (χ1v) is 10.3. The van der Waals surface area contributed by atoms with Gasteiger partial charge in [0.25, 0.3) is 0 Å². The Morgan fingerprint density at radius 2 is 1.25 bits per heavy atom. The molecule has 24 heavy (non-hydrogen) atoms. The number of anilines is 1. The fourth-order valence-corrected chi connectivity index (χ4v) is 3.22. The molecular formula is C20H33Cl2NO. The molecule has 0 radical (unpaired) electrons. The van der Waals surface area contributed by atoms with E-state index in [4.69, 9.17) is 33.7 Å². The molecule has 1 aromatic carbocycles. The number of unbranched alkanes of at least 4 members (excludes halogenated alkanes) is 11. The van der Waals surface area contributed by atoms with Gasteiger partial charge in [0, 0.05) is 6.07 Å². The van der Waals surface area contributed by atoms with Crippen molar-refractivity contribution >= 4 is 28.9 Å². The molecule has 0 aliphatic carbocycles. The van der Waals surface area contributed by atoms with Crippen LogP contribution in [0.5, 0.6) is 5.75 Å². The lowest BCUT2D eigenvalue weighted by Crippen LogP contribution is -1.99. The van der Waals surface area contributed by atoms with Gasteiger partial charge in [0.1, 0.15) is 5.75 Å². The Hall–Kier alpha value is -0.600. The summed E-state index contributed by atoms with van der Waals surface area (Å²) in [5.41, 5.74) is 6.27. The summed E-state index contributed by atoms with van der Waals surface area (Å²) < 4.78 is 5.69. The minimum atomic E-state index is 0.470. The van der Waals surface area contributed by atoms with E-state index in [-0.39, 0.29) is 0 Å². The third-order valence-corrected chi connectivity index (χ3v) is 4.93. The van der Waals surface area contributed by atoms with Crippen molar-refractivity contribution in [2.75, 3.05) is 12.3 Å². The molecule has 0 amide bonds. The van der Waals surface area contributed by atoms with E-state index in [1.165, 1.54) is 70.6 Å².